The fourth-order valence-electron chi connectivity index (χ4n) is 1.58. The second-order valence-corrected chi connectivity index (χ2v) is 4.01. The summed E-state index contributed by atoms with van der Waals surface area (Å²) >= 11 is 0. The Kier molecular flexibility index (Phi) is 5.48. The maximum atomic E-state index is 5.69. The standard InChI is InChI=1S/C14H21NO/c1-3-4-5-6-7-10-16-14-9-8-13(15)11-12(14)2/h3,8-9,11H,1,4-7,10,15H2,2H3. The van der Waals surface area contributed by atoms with Crippen LogP contribution in [0, 0.1) is 6.92 Å². The fraction of sp³-hybridized carbons (Fsp3) is 0.429. The van der Waals surface area contributed by atoms with Gasteiger partial charge in [0.15, 0.2) is 0 Å². The van der Waals surface area contributed by atoms with E-state index >= 15 is 0 Å². The number of hydrogen-bond acceptors (Lipinski definition) is 2. The Bertz CT molecular complexity index is 334. The Balaban J connectivity index is 2.24. The lowest BCUT2D eigenvalue weighted by Crippen LogP contribution is -1.99. The Morgan fingerprint density at radius 1 is 1.31 bits per heavy atom. The molecule has 16 heavy (non-hydrogen) atoms. The van der Waals surface area contributed by atoms with E-state index in [4.69, 9.17) is 10.5 Å². The summed E-state index contributed by atoms with van der Waals surface area (Å²) in [5.41, 5.74) is 7.56. The molecule has 1 aromatic rings. The minimum atomic E-state index is 0.780. The molecule has 0 radical (unpaired) electrons. The van der Waals surface area contributed by atoms with Crippen molar-refractivity contribution in [2.45, 2.75) is 32.6 Å². The molecule has 0 aliphatic carbocycles. The van der Waals surface area contributed by atoms with E-state index in [-0.39, 0.29) is 0 Å². The molecule has 0 heterocycles. The van der Waals surface area contributed by atoms with Gasteiger partial charge in [-0.1, -0.05) is 6.08 Å². The molecule has 1 rings (SSSR count). The summed E-state index contributed by atoms with van der Waals surface area (Å²) in [6.45, 7) is 6.50. The Morgan fingerprint density at radius 3 is 2.81 bits per heavy atom. The van der Waals surface area contributed by atoms with Crippen molar-refractivity contribution in [2.24, 2.45) is 0 Å². The quantitative estimate of drug-likeness (QED) is 0.431. The number of benzene rings is 1. The lowest BCUT2D eigenvalue weighted by atomic mass is 10.2. The molecule has 0 fully saturated rings. The van der Waals surface area contributed by atoms with Crippen LogP contribution in [0.25, 0.3) is 0 Å². The largest absolute Gasteiger partial charge is 0.493 e. The van der Waals surface area contributed by atoms with Gasteiger partial charge in [0.1, 0.15) is 5.75 Å². The van der Waals surface area contributed by atoms with Crippen molar-refractivity contribution in [2.75, 3.05) is 12.3 Å². The summed E-state index contributed by atoms with van der Waals surface area (Å²) in [5, 5.41) is 0. The van der Waals surface area contributed by atoms with Crippen molar-refractivity contribution in [3.05, 3.63) is 36.4 Å². The van der Waals surface area contributed by atoms with E-state index in [1.807, 2.05) is 31.2 Å². The third-order valence-electron chi connectivity index (χ3n) is 2.51. The molecule has 0 aromatic heterocycles. The minimum absolute atomic E-state index is 0.780. The number of allylic oxidation sites excluding steroid dienone is 1. The topological polar surface area (TPSA) is 35.2 Å². The fourth-order valence-corrected chi connectivity index (χ4v) is 1.58. The van der Waals surface area contributed by atoms with Gasteiger partial charge in [0.05, 0.1) is 6.61 Å². The number of nitrogen functional groups attached to an aromatic ring is 1. The molecular formula is C14H21NO. The van der Waals surface area contributed by atoms with Gasteiger partial charge in [-0.05, 0) is 56.4 Å². The summed E-state index contributed by atoms with van der Waals surface area (Å²) in [6.07, 6.45) is 6.55. The molecule has 88 valence electrons. The number of aryl methyl sites for hydroxylation is 1. The van der Waals surface area contributed by atoms with Crippen molar-refractivity contribution in [1.82, 2.24) is 0 Å². The van der Waals surface area contributed by atoms with E-state index in [1.165, 1.54) is 12.8 Å². The second-order valence-electron chi connectivity index (χ2n) is 4.01. The van der Waals surface area contributed by atoms with Gasteiger partial charge < -0.3 is 10.5 Å². The van der Waals surface area contributed by atoms with Crippen LogP contribution in [0.15, 0.2) is 30.9 Å². The monoisotopic (exact) mass is 219 g/mol. The molecule has 0 aliphatic rings. The van der Waals surface area contributed by atoms with Gasteiger partial charge in [0.2, 0.25) is 0 Å². The molecule has 0 bridgehead atoms. The van der Waals surface area contributed by atoms with Crippen molar-refractivity contribution >= 4 is 5.69 Å². The number of anilines is 1. The van der Waals surface area contributed by atoms with Gasteiger partial charge in [-0.25, -0.2) is 0 Å². The van der Waals surface area contributed by atoms with E-state index in [0.717, 1.165) is 36.4 Å². The highest BCUT2D eigenvalue weighted by molar-refractivity contribution is 5.47. The molecular weight excluding hydrogens is 198 g/mol. The summed E-state index contributed by atoms with van der Waals surface area (Å²) in [6, 6.07) is 5.75. The first-order valence-electron chi connectivity index (χ1n) is 5.84. The van der Waals surface area contributed by atoms with Crippen LogP contribution < -0.4 is 10.5 Å². The highest BCUT2D eigenvalue weighted by atomic mass is 16.5. The number of nitrogens with two attached hydrogens (primary N) is 1. The zero-order chi connectivity index (χ0) is 11.8. The third-order valence-corrected chi connectivity index (χ3v) is 2.51. The highest BCUT2D eigenvalue weighted by Gasteiger charge is 1.99. The van der Waals surface area contributed by atoms with Crippen LogP contribution in [-0.4, -0.2) is 6.61 Å². The van der Waals surface area contributed by atoms with E-state index in [2.05, 4.69) is 6.58 Å². The Hall–Kier alpha value is -1.44. The average Bonchev–Trinajstić information content (AvgIpc) is 2.26. The van der Waals surface area contributed by atoms with Gasteiger partial charge in [-0.2, -0.15) is 0 Å². The maximum absolute atomic E-state index is 5.69. The highest BCUT2D eigenvalue weighted by Crippen LogP contribution is 2.20. The predicted octanol–water partition coefficient (Wildman–Crippen LogP) is 3.70. The van der Waals surface area contributed by atoms with Crippen molar-refractivity contribution in [3.8, 4) is 5.75 Å². The number of rotatable bonds is 7. The maximum Gasteiger partial charge on any atom is 0.122 e. The molecule has 2 N–H and O–H groups in total. The van der Waals surface area contributed by atoms with Crippen molar-refractivity contribution in [1.29, 1.82) is 0 Å². The summed E-state index contributed by atoms with van der Waals surface area (Å²) in [7, 11) is 0. The SMILES string of the molecule is C=CCCCCCOc1ccc(N)cc1C. The Labute approximate surface area is 98.1 Å². The van der Waals surface area contributed by atoms with Crippen LogP contribution in [0.5, 0.6) is 5.75 Å². The summed E-state index contributed by atoms with van der Waals surface area (Å²) in [4.78, 5) is 0. The Morgan fingerprint density at radius 2 is 2.12 bits per heavy atom. The van der Waals surface area contributed by atoms with Crippen molar-refractivity contribution in [3.63, 3.8) is 0 Å². The van der Waals surface area contributed by atoms with Crippen LogP contribution in [0.3, 0.4) is 0 Å². The molecule has 0 aliphatic heterocycles. The first kappa shape index (κ1) is 12.6. The van der Waals surface area contributed by atoms with E-state index in [1.54, 1.807) is 0 Å². The first-order chi connectivity index (χ1) is 7.74. The van der Waals surface area contributed by atoms with Gasteiger partial charge >= 0.3 is 0 Å². The van der Waals surface area contributed by atoms with Gasteiger partial charge in [-0.3, -0.25) is 0 Å². The van der Waals surface area contributed by atoms with Crippen molar-refractivity contribution < 1.29 is 4.74 Å². The van der Waals surface area contributed by atoms with Crippen LogP contribution in [0.2, 0.25) is 0 Å². The summed E-state index contributed by atoms with van der Waals surface area (Å²) in [5.74, 6) is 0.943. The molecule has 0 saturated carbocycles. The average molecular weight is 219 g/mol. The molecule has 1 aromatic carbocycles. The number of hydrogen-bond donors (Lipinski definition) is 1. The van der Waals surface area contributed by atoms with Crippen LogP contribution in [0.4, 0.5) is 5.69 Å². The molecule has 0 saturated heterocycles. The molecule has 0 atom stereocenters. The third kappa shape index (κ3) is 4.39. The van der Waals surface area contributed by atoms with Gasteiger partial charge in [-0.15, -0.1) is 6.58 Å². The second kappa shape index (κ2) is 6.94. The molecule has 0 unspecified atom stereocenters. The molecule has 0 spiro atoms. The van der Waals surface area contributed by atoms with E-state index in [9.17, 15) is 0 Å². The van der Waals surface area contributed by atoms with Gasteiger partial charge in [0.25, 0.3) is 0 Å². The zero-order valence-electron chi connectivity index (χ0n) is 10.0. The molecule has 2 heteroatoms. The van der Waals surface area contributed by atoms with E-state index in [0.29, 0.717) is 0 Å². The van der Waals surface area contributed by atoms with Gasteiger partial charge in [0, 0.05) is 5.69 Å². The first-order valence-corrected chi connectivity index (χ1v) is 5.84. The van der Waals surface area contributed by atoms with Crippen LogP contribution in [-0.2, 0) is 0 Å². The normalized spacial score (nSPS) is 10.1. The smallest absolute Gasteiger partial charge is 0.122 e. The lowest BCUT2D eigenvalue weighted by molar-refractivity contribution is 0.303. The van der Waals surface area contributed by atoms with Crippen LogP contribution >= 0.6 is 0 Å². The predicted molar refractivity (Wildman–Crippen MR) is 69.8 cm³/mol. The minimum Gasteiger partial charge on any atom is -0.493 e. The number of ether oxygens (including phenoxy) is 1. The van der Waals surface area contributed by atoms with Crippen LogP contribution in [0.1, 0.15) is 31.2 Å². The van der Waals surface area contributed by atoms with E-state index < -0.39 is 0 Å². The number of unbranched alkanes of at least 4 members (excludes halogenated alkanes) is 3. The zero-order valence-corrected chi connectivity index (χ0v) is 10.0. The lowest BCUT2D eigenvalue weighted by Gasteiger charge is -2.09. The summed E-state index contributed by atoms with van der Waals surface area (Å²) < 4.78 is 5.69. The molecule has 0 amide bonds. The molecule has 2 nitrogen and oxygen atoms in total.